The standard InChI is InChI=1S/C14H15NO7/c1-20-13(16)10-6-12(8-21-7-10)22-14(17)9-2-4-11(5-3-9)15(18)19/h2-5,10,12H,6-8H2,1H3/t10-,12-/m0/s1. The fourth-order valence-electron chi connectivity index (χ4n) is 2.15. The van der Waals surface area contributed by atoms with Gasteiger partial charge in [-0.05, 0) is 12.1 Å². The highest BCUT2D eigenvalue weighted by atomic mass is 16.6. The summed E-state index contributed by atoms with van der Waals surface area (Å²) in [5.74, 6) is -1.49. The van der Waals surface area contributed by atoms with E-state index in [0.717, 1.165) is 0 Å². The quantitative estimate of drug-likeness (QED) is 0.469. The second kappa shape index (κ2) is 6.99. The lowest BCUT2D eigenvalue weighted by Crippen LogP contribution is -2.37. The maximum atomic E-state index is 12.0. The first-order valence-electron chi connectivity index (χ1n) is 6.62. The zero-order valence-corrected chi connectivity index (χ0v) is 11.9. The van der Waals surface area contributed by atoms with E-state index < -0.39 is 28.9 Å². The molecule has 1 saturated heterocycles. The molecule has 1 aliphatic heterocycles. The lowest BCUT2D eigenvalue weighted by atomic mass is 10.0. The van der Waals surface area contributed by atoms with E-state index in [9.17, 15) is 19.7 Å². The van der Waals surface area contributed by atoms with Gasteiger partial charge in [0.15, 0.2) is 0 Å². The maximum Gasteiger partial charge on any atom is 0.338 e. The number of non-ortho nitro benzene ring substituents is 1. The molecule has 1 aromatic carbocycles. The zero-order valence-electron chi connectivity index (χ0n) is 11.9. The van der Waals surface area contributed by atoms with E-state index in [1.165, 1.54) is 31.4 Å². The molecular weight excluding hydrogens is 294 g/mol. The lowest BCUT2D eigenvalue weighted by molar-refractivity contribution is -0.384. The van der Waals surface area contributed by atoms with Crippen molar-refractivity contribution in [3.05, 3.63) is 39.9 Å². The molecule has 0 radical (unpaired) electrons. The first-order valence-corrected chi connectivity index (χ1v) is 6.62. The molecule has 2 rings (SSSR count). The van der Waals surface area contributed by atoms with Crippen molar-refractivity contribution in [2.24, 2.45) is 5.92 Å². The second-order valence-electron chi connectivity index (χ2n) is 4.82. The highest BCUT2D eigenvalue weighted by molar-refractivity contribution is 5.89. The molecule has 8 heteroatoms. The highest BCUT2D eigenvalue weighted by Crippen LogP contribution is 2.20. The SMILES string of the molecule is COC(=O)[C@@H]1COC[C@@H](OC(=O)c2ccc([N+](=O)[O-])cc2)C1. The fraction of sp³-hybridized carbons (Fsp3) is 0.429. The molecule has 0 unspecified atom stereocenters. The molecule has 0 saturated carbocycles. The summed E-state index contributed by atoms with van der Waals surface area (Å²) in [6.07, 6.45) is -0.230. The zero-order chi connectivity index (χ0) is 16.1. The molecule has 1 heterocycles. The Labute approximate surface area is 126 Å². The summed E-state index contributed by atoms with van der Waals surface area (Å²) in [7, 11) is 1.29. The van der Waals surface area contributed by atoms with E-state index >= 15 is 0 Å². The van der Waals surface area contributed by atoms with Crippen LogP contribution in [0.2, 0.25) is 0 Å². The van der Waals surface area contributed by atoms with Gasteiger partial charge in [0.1, 0.15) is 6.10 Å². The Morgan fingerprint density at radius 2 is 1.95 bits per heavy atom. The number of methoxy groups -OCH3 is 1. The molecule has 8 nitrogen and oxygen atoms in total. The van der Waals surface area contributed by atoms with Gasteiger partial charge in [-0.2, -0.15) is 0 Å². The minimum Gasteiger partial charge on any atom is -0.469 e. The van der Waals surface area contributed by atoms with E-state index in [1.54, 1.807) is 0 Å². The van der Waals surface area contributed by atoms with Gasteiger partial charge in [0, 0.05) is 18.6 Å². The third-order valence-electron chi connectivity index (χ3n) is 3.29. The van der Waals surface area contributed by atoms with Gasteiger partial charge in [-0.3, -0.25) is 14.9 Å². The third-order valence-corrected chi connectivity index (χ3v) is 3.29. The van der Waals surface area contributed by atoms with E-state index in [0.29, 0.717) is 6.42 Å². The number of nitrogens with zero attached hydrogens (tertiary/aromatic N) is 1. The molecule has 2 atom stereocenters. The number of esters is 2. The predicted octanol–water partition coefficient (Wildman–Crippen LogP) is 1.33. The molecule has 1 aromatic rings. The van der Waals surface area contributed by atoms with Crippen molar-refractivity contribution in [3.8, 4) is 0 Å². The Morgan fingerprint density at radius 1 is 1.27 bits per heavy atom. The van der Waals surface area contributed by atoms with Gasteiger partial charge >= 0.3 is 11.9 Å². The second-order valence-corrected chi connectivity index (χ2v) is 4.82. The van der Waals surface area contributed by atoms with Crippen LogP contribution in [0, 0.1) is 16.0 Å². The van der Waals surface area contributed by atoms with Crippen LogP contribution in [0.25, 0.3) is 0 Å². The number of benzene rings is 1. The van der Waals surface area contributed by atoms with E-state index in [1.807, 2.05) is 0 Å². The van der Waals surface area contributed by atoms with Crippen LogP contribution in [0.15, 0.2) is 24.3 Å². The van der Waals surface area contributed by atoms with Crippen molar-refractivity contribution >= 4 is 17.6 Å². The number of hydrogen-bond acceptors (Lipinski definition) is 7. The van der Waals surface area contributed by atoms with E-state index in [-0.39, 0.29) is 24.5 Å². The topological polar surface area (TPSA) is 105 Å². The predicted molar refractivity (Wildman–Crippen MR) is 73.2 cm³/mol. The molecule has 0 amide bonds. The fourth-order valence-corrected chi connectivity index (χ4v) is 2.15. The Bertz CT molecular complexity index is 569. The average molecular weight is 309 g/mol. The Hall–Kier alpha value is -2.48. The maximum absolute atomic E-state index is 12.0. The van der Waals surface area contributed by atoms with Gasteiger partial charge in [-0.25, -0.2) is 4.79 Å². The van der Waals surface area contributed by atoms with Crippen molar-refractivity contribution in [1.29, 1.82) is 0 Å². The summed E-state index contributed by atoms with van der Waals surface area (Å²) in [4.78, 5) is 33.4. The number of nitro benzene ring substituents is 1. The van der Waals surface area contributed by atoms with Gasteiger partial charge in [0.2, 0.25) is 0 Å². The van der Waals surface area contributed by atoms with Crippen molar-refractivity contribution in [1.82, 2.24) is 0 Å². The third kappa shape index (κ3) is 3.79. The molecular formula is C14H15NO7. The first kappa shape index (κ1) is 15.9. The molecule has 1 fully saturated rings. The monoisotopic (exact) mass is 309 g/mol. The number of rotatable bonds is 4. The molecule has 0 spiro atoms. The summed E-state index contributed by atoms with van der Waals surface area (Å²) in [5, 5.41) is 10.6. The van der Waals surface area contributed by atoms with Crippen molar-refractivity contribution in [2.75, 3.05) is 20.3 Å². The van der Waals surface area contributed by atoms with E-state index in [4.69, 9.17) is 9.47 Å². The summed E-state index contributed by atoms with van der Waals surface area (Å²) in [6.45, 7) is 0.435. The van der Waals surface area contributed by atoms with Crippen LogP contribution < -0.4 is 0 Å². The van der Waals surface area contributed by atoms with Gasteiger partial charge in [-0.15, -0.1) is 0 Å². The van der Waals surface area contributed by atoms with Crippen LogP contribution in [0.3, 0.4) is 0 Å². The van der Waals surface area contributed by atoms with Crippen LogP contribution in [0.4, 0.5) is 5.69 Å². The number of nitro groups is 1. The van der Waals surface area contributed by atoms with Crippen LogP contribution in [-0.2, 0) is 19.0 Å². The normalized spacial score (nSPS) is 21.0. The molecule has 22 heavy (non-hydrogen) atoms. The van der Waals surface area contributed by atoms with Crippen molar-refractivity contribution in [2.45, 2.75) is 12.5 Å². The molecule has 0 aromatic heterocycles. The van der Waals surface area contributed by atoms with Crippen molar-refractivity contribution < 1.29 is 28.7 Å². The van der Waals surface area contributed by atoms with Crippen LogP contribution >= 0.6 is 0 Å². The van der Waals surface area contributed by atoms with Gasteiger partial charge in [0.25, 0.3) is 5.69 Å². The van der Waals surface area contributed by atoms with E-state index in [2.05, 4.69) is 4.74 Å². The number of hydrogen-bond donors (Lipinski definition) is 0. The van der Waals surface area contributed by atoms with Gasteiger partial charge in [-0.1, -0.05) is 0 Å². The first-order chi connectivity index (χ1) is 10.5. The smallest absolute Gasteiger partial charge is 0.338 e. The number of ether oxygens (including phenoxy) is 3. The number of carbonyl (C=O) groups excluding carboxylic acids is 2. The molecule has 118 valence electrons. The molecule has 0 bridgehead atoms. The Morgan fingerprint density at radius 3 is 2.55 bits per heavy atom. The lowest BCUT2D eigenvalue weighted by Gasteiger charge is -2.27. The van der Waals surface area contributed by atoms with Gasteiger partial charge < -0.3 is 14.2 Å². The largest absolute Gasteiger partial charge is 0.469 e. The van der Waals surface area contributed by atoms with Crippen molar-refractivity contribution in [3.63, 3.8) is 0 Å². The molecule has 0 aliphatic carbocycles. The van der Waals surface area contributed by atoms with Crippen LogP contribution in [0.5, 0.6) is 0 Å². The number of carbonyl (C=O) groups is 2. The minimum absolute atomic E-state index is 0.108. The van der Waals surface area contributed by atoms with Crippen LogP contribution in [-0.4, -0.2) is 43.3 Å². The average Bonchev–Trinajstić information content (AvgIpc) is 2.54. The Balaban J connectivity index is 1.96. The molecule has 1 aliphatic rings. The highest BCUT2D eigenvalue weighted by Gasteiger charge is 2.31. The Kier molecular flexibility index (Phi) is 5.05. The van der Waals surface area contributed by atoms with Crippen LogP contribution in [0.1, 0.15) is 16.8 Å². The summed E-state index contributed by atoms with van der Waals surface area (Å²) < 4.78 is 15.1. The molecule has 0 N–H and O–H groups in total. The summed E-state index contributed by atoms with van der Waals surface area (Å²) in [6, 6.07) is 5.10. The summed E-state index contributed by atoms with van der Waals surface area (Å²) >= 11 is 0. The summed E-state index contributed by atoms with van der Waals surface area (Å²) in [5.41, 5.74) is 0.0918. The van der Waals surface area contributed by atoms with Gasteiger partial charge in [0.05, 0.1) is 36.7 Å². The minimum atomic E-state index is -0.617.